The second-order valence-corrected chi connectivity index (χ2v) is 5.74. The van der Waals surface area contributed by atoms with Crippen molar-refractivity contribution in [2.24, 2.45) is 0 Å². The average molecular weight is 377 g/mol. The zero-order valence-corrected chi connectivity index (χ0v) is 14.7. The van der Waals surface area contributed by atoms with Crippen molar-refractivity contribution in [3.63, 3.8) is 0 Å². The third-order valence-corrected chi connectivity index (χ3v) is 3.95. The number of benzene rings is 2. The molecular formula is C18H17ClN2O5. The molecule has 0 saturated carbocycles. The number of hydrogen-bond donors (Lipinski definition) is 1. The number of esters is 1. The molecule has 0 aliphatic carbocycles. The monoisotopic (exact) mass is 376 g/mol. The molecule has 136 valence electrons. The maximum Gasteiger partial charge on any atom is 0.308 e. The van der Waals surface area contributed by atoms with Gasteiger partial charge in [-0.05, 0) is 24.6 Å². The highest BCUT2D eigenvalue weighted by molar-refractivity contribution is 6.31. The average Bonchev–Trinajstić information content (AvgIpc) is 2.61. The van der Waals surface area contributed by atoms with E-state index in [1.54, 1.807) is 31.2 Å². The standard InChI is InChI=1S/C18H17ClN2O5/c1-2-26-17(22)11-15(12-7-3-5-9-14(12)19)20-18(23)13-8-4-6-10-16(13)21(24)25/h3-10,15H,2,11H2,1H3,(H,20,23)/t15-/m0/s1. The Morgan fingerprint density at radius 1 is 1.19 bits per heavy atom. The van der Waals surface area contributed by atoms with Crippen LogP contribution in [0.4, 0.5) is 5.69 Å². The number of rotatable bonds is 7. The first-order chi connectivity index (χ1) is 12.4. The van der Waals surface area contributed by atoms with Gasteiger partial charge in [0.05, 0.1) is 24.0 Å². The molecule has 2 rings (SSSR count). The highest BCUT2D eigenvalue weighted by atomic mass is 35.5. The second-order valence-electron chi connectivity index (χ2n) is 5.33. The van der Waals surface area contributed by atoms with Gasteiger partial charge in [0.2, 0.25) is 0 Å². The van der Waals surface area contributed by atoms with Crippen LogP contribution < -0.4 is 5.32 Å². The van der Waals surface area contributed by atoms with E-state index in [-0.39, 0.29) is 24.3 Å². The van der Waals surface area contributed by atoms with Crippen LogP contribution in [0.5, 0.6) is 0 Å². The summed E-state index contributed by atoms with van der Waals surface area (Å²) in [5.41, 5.74) is 0.103. The van der Waals surface area contributed by atoms with Gasteiger partial charge in [-0.2, -0.15) is 0 Å². The molecule has 2 aromatic rings. The number of carbonyl (C=O) groups is 2. The molecule has 0 aromatic heterocycles. The van der Waals surface area contributed by atoms with Crippen LogP contribution in [0.15, 0.2) is 48.5 Å². The summed E-state index contributed by atoms with van der Waals surface area (Å²) in [5, 5.41) is 14.1. The predicted octanol–water partition coefficient (Wildman–Crippen LogP) is 3.67. The van der Waals surface area contributed by atoms with Crippen molar-refractivity contribution >= 4 is 29.2 Å². The quantitative estimate of drug-likeness (QED) is 0.451. The topological polar surface area (TPSA) is 98.5 Å². The summed E-state index contributed by atoms with van der Waals surface area (Å²) >= 11 is 6.18. The molecule has 1 atom stereocenters. The summed E-state index contributed by atoms with van der Waals surface area (Å²) in [6, 6.07) is 11.5. The molecule has 8 heteroatoms. The highest BCUT2D eigenvalue weighted by Gasteiger charge is 2.25. The number of ether oxygens (including phenoxy) is 1. The van der Waals surface area contributed by atoms with E-state index in [1.165, 1.54) is 24.3 Å². The molecular weight excluding hydrogens is 360 g/mol. The SMILES string of the molecule is CCOC(=O)C[C@H](NC(=O)c1ccccc1[N+](=O)[O-])c1ccccc1Cl. The lowest BCUT2D eigenvalue weighted by molar-refractivity contribution is -0.385. The molecule has 0 aliphatic heterocycles. The lowest BCUT2D eigenvalue weighted by Gasteiger charge is -2.19. The Morgan fingerprint density at radius 3 is 2.50 bits per heavy atom. The molecule has 1 amide bonds. The van der Waals surface area contributed by atoms with Gasteiger partial charge in [0.15, 0.2) is 0 Å². The van der Waals surface area contributed by atoms with E-state index < -0.39 is 22.8 Å². The summed E-state index contributed by atoms with van der Waals surface area (Å²) < 4.78 is 4.94. The number of nitro benzene ring substituents is 1. The molecule has 0 unspecified atom stereocenters. The van der Waals surface area contributed by atoms with Crippen molar-refractivity contribution in [3.05, 3.63) is 74.8 Å². The Balaban J connectivity index is 2.32. The normalized spacial score (nSPS) is 11.5. The largest absolute Gasteiger partial charge is 0.466 e. The molecule has 7 nitrogen and oxygen atoms in total. The number of para-hydroxylation sites is 1. The molecule has 0 radical (unpaired) electrons. The van der Waals surface area contributed by atoms with Gasteiger partial charge in [-0.1, -0.05) is 41.9 Å². The number of nitrogens with zero attached hydrogens (tertiary/aromatic N) is 1. The molecule has 0 heterocycles. The van der Waals surface area contributed by atoms with Gasteiger partial charge in [-0.3, -0.25) is 19.7 Å². The van der Waals surface area contributed by atoms with Gasteiger partial charge in [0, 0.05) is 11.1 Å². The summed E-state index contributed by atoms with van der Waals surface area (Å²) in [6.45, 7) is 1.88. The minimum absolute atomic E-state index is 0.0987. The van der Waals surface area contributed by atoms with Crippen molar-refractivity contribution in [2.75, 3.05) is 6.61 Å². The second kappa shape index (κ2) is 8.96. The van der Waals surface area contributed by atoms with Crippen molar-refractivity contribution in [1.29, 1.82) is 0 Å². The van der Waals surface area contributed by atoms with Gasteiger partial charge < -0.3 is 10.1 Å². The van der Waals surface area contributed by atoms with E-state index in [9.17, 15) is 19.7 Å². The molecule has 0 bridgehead atoms. The van der Waals surface area contributed by atoms with Gasteiger partial charge in [0.25, 0.3) is 11.6 Å². The fourth-order valence-electron chi connectivity index (χ4n) is 2.44. The summed E-state index contributed by atoms with van der Waals surface area (Å²) in [6.07, 6.45) is -0.149. The Labute approximate surface area is 155 Å². The first-order valence-electron chi connectivity index (χ1n) is 7.88. The zero-order valence-electron chi connectivity index (χ0n) is 14.0. The van der Waals surface area contributed by atoms with Gasteiger partial charge in [-0.25, -0.2) is 0 Å². The van der Waals surface area contributed by atoms with Crippen molar-refractivity contribution in [1.82, 2.24) is 5.32 Å². The summed E-state index contributed by atoms with van der Waals surface area (Å²) in [7, 11) is 0. The van der Waals surface area contributed by atoms with Gasteiger partial charge >= 0.3 is 5.97 Å². The van der Waals surface area contributed by atoms with E-state index in [4.69, 9.17) is 16.3 Å². The minimum atomic E-state index is -0.782. The van der Waals surface area contributed by atoms with E-state index >= 15 is 0 Å². The van der Waals surface area contributed by atoms with Gasteiger partial charge in [-0.15, -0.1) is 0 Å². The first kappa shape index (κ1) is 19.4. The third kappa shape index (κ3) is 4.80. The molecule has 0 fully saturated rings. The first-order valence-corrected chi connectivity index (χ1v) is 8.26. The number of hydrogen-bond acceptors (Lipinski definition) is 5. The number of carbonyl (C=O) groups excluding carboxylic acids is 2. The van der Waals surface area contributed by atoms with Crippen LogP contribution in [-0.4, -0.2) is 23.4 Å². The predicted molar refractivity (Wildman–Crippen MR) is 96.0 cm³/mol. The number of nitro groups is 1. The van der Waals surface area contributed by atoms with Crippen molar-refractivity contribution in [2.45, 2.75) is 19.4 Å². The Hall–Kier alpha value is -2.93. The molecule has 0 aliphatic rings. The number of halogens is 1. The maximum absolute atomic E-state index is 12.6. The van der Waals surface area contributed by atoms with Crippen molar-refractivity contribution < 1.29 is 19.2 Å². The van der Waals surface area contributed by atoms with Crippen molar-refractivity contribution in [3.8, 4) is 0 Å². The van der Waals surface area contributed by atoms with Crippen LogP contribution in [0, 0.1) is 10.1 Å². The van der Waals surface area contributed by atoms with Crippen LogP contribution in [0.25, 0.3) is 0 Å². The fourth-order valence-corrected chi connectivity index (χ4v) is 2.71. The van der Waals surface area contributed by atoms with E-state index in [1.807, 2.05) is 0 Å². The van der Waals surface area contributed by atoms with E-state index in [0.29, 0.717) is 10.6 Å². The highest BCUT2D eigenvalue weighted by Crippen LogP contribution is 2.27. The van der Waals surface area contributed by atoms with E-state index in [2.05, 4.69) is 5.32 Å². The van der Waals surface area contributed by atoms with Crippen LogP contribution >= 0.6 is 11.6 Å². The Bertz CT molecular complexity index is 825. The molecule has 0 spiro atoms. The molecule has 2 aromatic carbocycles. The van der Waals surface area contributed by atoms with Crippen LogP contribution in [0.2, 0.25) is 5.02 Å². The number of amides is 1. The van der Waals surface area contributed by atoms with E-state index in [0.717, 1.165) is 0 Å². The Morgan fingerprint density at radius 2 is 1.85 bits per heavy atom. The van der Waals surface area contributed by atoms with Crippen LogP contribution in [-0.2, 0) is 9.53 Å². The lowest BCUT2D eigenvalue weighted by Crippen LogP contribution is -2.31. The summed E-state index contributed by atoms with van der Waals surface area (Å²) in [5.74, 6) is -1.19. The molecule has 26 heavy (non-hydrogen) atoms. The third-order valence-electron chi connectivity index (χ3n) is 3.61. The maximum atomic E-state index is 12.6. The van der Waals surface area contributed by atoms with Gasteiger partial charge in [0.1, 0.15) is 5.56 Å². The lowest BCUT2D eigenvalue weighted by atomic mass is 10.0. The van der Waals surface area contributed by atoms with Crippen LogP contribution in [0.1, 0.15) is 35.3 Å². The molecule has 1 N–H and O–H groups in total. The van der Waals surface area contributed by atoms with Crippen LogP contribution in [0.3, 0.4) is 0 Å². The summed E-state index contributed by atoms with van der Waals surface area (Å²) in [4.78, 5) is 35.0. The zero-order chi connectivity index (χ0) is 19.1. The smallest absolute Gasteiger partial charge is 0.308 e. The Kier molecular flexibility index (Phi) is 6.68. The minimum Gasteiger partial charge on any atom is -0.466 e. The number of nitrogens with one attached hydrogen (secondary N) is 1. The fraction of sp³-hybridized carbons (Fsp3) is 0.222. The molecule has 0 saturated heterocycles.